The Balaban J connectivity index is 1.89. The lowest BCUT2D eigenvalue weighted by Crippen LogP contribution is -2.36. The lowest BCUT2D eigenvalue weighted by Gasteiger charge is -2.28. The van der Waals surface area contributed by atoms with E-state index in [1.807, 2.05) is 25.7 Å². The van der Waals surface area contributed by atoms with Crippen molar-refractivity contribution in [2.45, 2.75) is 45.7 Å². The number of rotatable bonds is 4. The molecule has 10 heteroatoms. The minimum absolute atomic E-state index is 0.143. The summed E-state index contributed by atoms with van der Waals surface area (Å²) in [4.78, 5) is 42.8. The van der Waals surface area contributed by atoms with Crippen molar-refractivity contribution >= 4 is 11.4 Å². The van der Waals surface area contributed by atoms with Crippen LogP contribution in [0.5, 0.6) is 0 Å². The lowest BCUT2D eigenvalue weighted by atomic mass is 9.95. The van der Waals surface area contributed by atoms with E-state index in [-0.39, 0.29) is 28.9 Å². The molecule has 148 valence electrons. The van der Waals surface area contributed by atoms with Crippen molar-refractivity contribution in [2.24, 2.45) is 0 Å². The van der Waals surface area contributed by atoms with Gasteiger partial charge in [0, 0.05) is 42.2 Å². The van der Waals surface area contributed by atoms with Crippen LogP contribution in [0.1, 0.15) is 43.4 Å². The third-order valence-electron chi connectivity index (χ3n) is 4.73. The Bertz CT molecular complexity index is 1010. The largest absolute Gasteiger partial charge is 0.310 e. The number of nitro groups is 2. The third-order valence-corrected chi connectivity index (χ3v) is 4.73. The molecule has 0 saturated carbocycles. The molecule has 1 aromatic heterocycles. The van der Waals surface area contributed by atoms with Crippen molar-refractivity contribution in [1.82, 2.24) is 14.9 Å². The van der Waals surface area contributed by atoms with Gasteiger partial charge in [-0.25, -0.2) is 4.98 Å². The van der Waals surface area contributed by atoms with Gasteiger partial charge in [-0.05, 0) is 12.5 Å². The van der Waals surface area contributed by atoms with Crippen molar-refractivity contribution in [2.75, 3.05) is 6.54 Å². The fraction of sp³-hybridized carbons (Fsp3) is 0.444. The van der Waals surface area contributed by atoms with Crippen LogP contribution in [-0.2, 0) is 24.9 Å². The number of aromatic nitrogens is 2. The molecule has 0 bridgehead atoms. The number of aromatic amines is 1. The molecule has 2 heterocycles. The van der Waals surface area contributed by atoms with E-state index >= 15 is 0 Å². The second-order valence-electron chi connectivity index (χ2n) is 7.88. The van der Waals surface area contributed by atoms with Gasteiger partial charge >= 0.3 is 0 Å². The molecule has 0 radical (unpaired) electrons. The number of hydrogen-bond donors (Lipinski definition) is 1. The minimum atomic E-state index is -0.655. The first-order valence-electron chi connectivity index (χ1n) is 8.83. The van der Waals surface area contributed by atoms with Crippen LogP contribution in [0, 0.1) is 20.2 Å². The summed E-state index contributed by atoms with van der Waals surface area (Å²) in [6.45, 7) is 7.04. The number of nitrogens with zero attached hydrogens (tertiary/aromatic N) is 4. The summed E-state index contributed by atoms with van der Waals surface area (Å²) < 4.78 is 0. The van der Waals surface area contributed by atoms with Crippen molar-refractivity contribution in [1.29, 1.82) is 0 Å². The molecule has 0 spiro atoms. The fourth-order valence-corrected chi connectivity index (χ4v) is 3.19. The molecule has 1 aliphatic heterocycles. The predicted octanol–water partition coefficient (Wildman–Crippen LogP) is 2.44. The maximum Gasteiger partial charge on any atom is 0.280 e. The number of nitrogens with one attached hydrogen (secondary N) is 1. The van der Waals surface area contributed by atoms with Crippen molar-refractivity contribution in [3.63, 3.8) is 0 Å². The maximum absolute atomic E-state index is 12.4. The summed E-state index contributed by atoms with van der Waals surface area (Å²) in [5.41, 5.74) is 0.646. The van der Waals surface area contributed by atoms with Crippen molar-refractivity contribution in [3.8, 4) is 0 Å². The Labute approximate surface area is 160 Å². The topological polar surface area (TPSA) is 135 Å². The van der Waals surface area contributed by atoms with Crippen LogP contribution in [0.25, 0.3) is 0 Å². The Morgan fingerprint density at radius 1 is 1.21 bits per heavy atom. The van der Waals surface area contributed by atoms with Crippen molar-refractivity contribution in [3.05, 3.63) is 71.4 Å². The van der Waals surface area contributed by atoms with Gasteiger partial charge in [0.25, 0.3) is 16.9 Å². The molecule has 1 aromatic carbocycles. The van der Waals surface area contributed by atoms with Crippen LogP contribution in [-0.4, -0.2) is 31.3 Å². The first-order chi connectivity index (χ1) is 13.1. The lowest BCUT2D eigenvalue weighted by molar-refractivity contribution is -0.394. The second kappa shape index (κ2) is 7.12. The normalized spacial score (nSPS) is 14.5. The van der Waals surface area contributed by atoms with E-state index in [4.69, 9.17) is 0 Å². The number of benzene rings is 1. The molecule has 0 aliphatic carbocycles. The molecule has 0 saturated heterocycles. The molecule has 1 aliphatic rings. The molecular weight excluding hydrogens is 366 g/mol. The number of fused-ring (bicyclic) bond motifs is 1. The van der Waals surface area contributed by atoms with Crippen LogP contribution < -0.4 is 5.56 Å². The first-order valence-corrected chi connectivity index (χ1v) is 8.83. The van der Waals surface area contributed by atoms with Crippen LogP contribution in [0.2, 0.25) is 0 Å². The molecule has 0 atom stereocenters. The third kappa shape index (κ3) is 3.91. The zero-order chi connectivity index (χ0) is 20.6. The number of hydrogen-bond acceptors (Lipinski definition) is 7. The second-order valence-corrected chi connectivity index (χ2v) is 7.88. The van der Waals surface area contributed by atoms with Gasteiger partial charge in [0.2, 0.25) is 0 Å². The van der Waals surface area contributed by atoms with Crippen LogP contribution in [0.3, 0.4) is 0 Å². The highest BCUT2D eigenvalue weighted by Crippen LogP contribution is 2.27. The van der Waals surface area contributed by atoms with E-state index in [2.05, 4.69) is 9.97 Å². The summed E-state index contributed by atoms with van der Waals surface area (Å²) in [5, 5.41) is 22.2. The summed E-state index contributed by atoms with van der Waals surface area (Å²) in [7, 11) is 0. The zero-order valence-electron chi connectivity index (χ0n) is 15.9. The minimum Gasteiger partial charge on any atom is -0.310 e. The van der Waals surface area contributed by atoms with Gasteiger partial charge < -0.3 is 4.98 Å². The number of nitro benzene ring substituents is 2. The molecule has 0 unspecified atom stereocenters. The van der Waals surface area contributed by atoms with Gasteiger partial charge in [0.05, 0.1) is 21.6 Å². The van der Waals surface area contributed by atoms with Gasteiger partial charge in [-0.3, -0.25) is 29.9 Å². The zero-order valence-corrected chi connectivity index (χ0v) is 15.9. The van der Waals surface area contributed by atoms with Crippen molar-refractivity contribution < 1.29 is 9.85 Å². The van der Waals surface area contributed by atoms with Gasteiger partial charge in [-0.2, -0.15) is 0 Å². The first kappa shape index (κ1) is 19.6. The van der Waals surface area contributed by atoms with Gasteiger partial charge in [-0.15, -0.1) is 0 Å². The van der Waals surface area contributed by atoms with E-state index in [9.17, 15) is 25.0 Å². The standard InChI is InChI=1S/C18H21N5O5/c1-18(2,3)17-19-14-10-21(7-6-13(14)16(24)20-17)9-11-4-5-12(22(25)26)8-15(11)23(27)28/h4-5,8H,6-7,9-10H2,1-3H3,(H,19,20,24). The molecule has 2 aromatic rings. The van der Waals surface area contributed by atoms with E-state index in [0.717, 1.165) is 6.07 Å². The van der Waals surface area contributed by atoms with E-state index < -0.39 is 9.85 Å². The molecule has 0 fully saturated rings. The Kier molecular flexibility index (Phi) is 4.99. The van der Waals surface area contributed by atoms with E-state index in [1.165, 1.54) is 12.1 Å². The molecule has 10 nitrogen and oxygen atoms in total. The van der Waals surface area contributed by atoms with E-state index in [1.54, 1.807) is 0 Å². The number of non-ortho nitro benzene ring substituents is 1. The Morgan fingerprint density at radius 3 is 2.54 bits per heavy atom. The van der Waals surface area contributed by atoms with Crippen LogP contribution in [0.15, 0.2) is 23.0 Å². The summed E-state index contributed by atoms with van der Waals surface area (Å²) >= 11 is 0. The maximum atomic E-state index is 12.4. The van der Waals surface area contributed by atoms with E-state index in [0.29, 0.717) is 42.2 Å². The van der Waals surface area contributed by atoms with Gasteiger partial charge in [0.1, 0.15) is 5.82 Å². The molecule has 3 rings (SSSR count). The monoisotopic (exact) mass is 387 g/mol. The predicted molar refractivity (Wildman–Crippen MR) is 101 cm³/mol. The Hall–Kier alpha value is -3.14. The highest BCUT2D eigenvalue weighted by atomic mass is 16.6. The smallest absolute Gasteiger partial charge is 0.280 e. The quantitative estimate of drug-likeness (QED) is 0.628. The molecule has 28 heavy (non-hydrogen) atoms. The summed E-state index contributed by atoms with van der Waals surface area (Å²) in [6.07, 6.45) is 0.489. The average molecular weight is 387 g/mol. The average Bonchev–Trinajstić information content (AvgIpc) is 2.60. The van der Waals surface area contributed by atoms with Gasteiger partial charge in [-0.1, -0.05) is 20.8 Å². The fourth-order valence-electron chi connectivity index (χ4n) is 3.19. The summed E-state index contributed by atoms with van der Waals surface area (Å²) in [6, 6.07) is 3.66. The van der Waals surface area contributed by atoms with Gasteiger partial charge in [0.15, 0.2) is 0 Å². The highest BCUT2D eigenvalue weighted by Gasteiger charge is 2.27. The molecular formula is C18H21N5O5. The summed E-state index contributed by atoms with van der Waals surface area (Å²) in [5.74, 6) is 0.597. The number of H-pyrrole nitrogens is 1. The molecule has 0 amide bonds. The SMILES string of the molecule is CC(C)(C)c1nc2c(c(=O)[nH]1)CCN(Cc1ccc([N+](=O)[O-])cc1[N+](=O)[O-])C2. The van der Waals surface area contributed by atoms with Crippen LogP contribution >= 0.6 is 0 Å². The Morgan fingerprint density at radius 2 is 1.93 bits per heavy atom. The van der Waals surface area contributed by atoms with Crippen LogP contribution in [0.4, 0.5) is 11.4 Å². The molecule has 1 N–H and O–H groups in total. The highest BCUT2D eigenvalue weighted by molar-refractivity contribution is 5.49.